The summed E-state index contributed by atoms with van der Waals surface area (Å²) < 4.78 is 45.6. The Labute approximate surface area is 285 Å². The molecule has 15 nitrogen and oxygen atoms in total. The molecule has 2 aromatic carbocycles. The third kappa shape index (κ3) is 10.4. The molecule has 4 rings (SSSR count). The number of anilines is 6. The van der Waals surface area contributed by atoms with Gasteiger partial charge in [-0.25, -0.2) is 19.3 Å². The van der Waals surface area contributed by atoms with Gasteiger partial charge in [-0.15, -0.1) is 0 Å². The molecular formula is C31H41ClN8O7S. The van der Waals surface area contributed by atoms with Gasteiger partial charge in [0.05, 0.1) is 30.4 Å². The molecule has 0 atom stereocenters. The number of ether oxygens (including phenoxy) is 3. The molecule has 0 spiro atoms. The van der Waals surface area contributed by atoms with E-state index >= 15 is 0 Å². The predicted octanol–water partition coefficient (Wildman–Crippen LogP) is 5.86. The Bertz CT molecular complexity index is 1740. The topological polar surface area (TPSA) is 176 Å². The van der Waals surface area contributed by atoms with E-state index in [0.717, 1.165) is 5.69 Å². The molecule has 1 aromatic heterocycles. The van der Waals surface area contributed by atoms with Gasteiger partial charge in [0.2, 0.25) is 5.95 Å². The van der Waals surface area contributed by atoms with Crippen molar-refractivity contribution in [2.75, 3.05) is 53.5 Å². The molecule has 0 aliphatic carbocycles. The summed E-state index contributed by atoms with van der Waals surface area (Å²) in [6.45, 7) is 12.7. The van der Waals surface area contributed by atoms with E-state index in [1.807, 2.05) is 43.7 Å². The predicted molar refractivity (Wildman–Crippen MR) is 185 cm³/mol. The first-order valence-corrected chi connectivity index (χ1v) is 16.9. The van der Waals surface area contributed by atoms with Crippen LogP contribution in [0, 0.1) is 0 Å². The first-order valence-electron chi connectivity index (χ1n) is 15.0. The normalized spacial score (nSPS) is 13.8. The molecule has 1 aliphatic heterocycles. The van der Waals surface area contributed by atoms with E-state index in [4.69, 9.17) is 25.8 Å². The lowest BCUT2D eigenvalue weighted by Crippen LogP contribution is -2.50. The van der Waals surface area contributed by atoms with Crippen LogP contribution in [0.1, 0.15) is 41.5 Å². The Morgan fingerprint density at radius 1 is 0.875 bits per heavy atom. The Morgan fingerprint density at radius 2 is 1.52 bits per heavy atom. The number of piperazine rings is 1. The zero-order chi connectivity index (χ0) is 35.3. The van der Waals surface area contributed by atoms with Crippen molar-refractivity contribution in [3.05, 3.63) is 53.7 Å². The van der Waals surface area contributed by atoms with E-state index in [-0.39, 0.29) is 28.6 Å². The summed E-state index contributed by atoms with van der Waals surface area (Å²) in [5.41, 5.74) is 0.474. The van der Waals surface area contributed by atoms with Gasteiger partial charge in [-0.05, 0) is 65.8 Å². The highest BCUT2D eigenvalue weighted by atomic mass is 35.5. The van der Waals surface area contributed by atoms with Crippen molar-refractivity contribution in [1.82, 2.24) is 19.6 Å². The highest BCUT2D eigenvalue weighted by molar-refractivity contribution is 7.91. The largest absolute Gasteiger partial charge is 0.494 e. The second-order valence-electron chi connectivity index (χ2n) is 12.7. The van der Waals surface area contributed by atoms with Crippen LogP contribution in [-0.4, -0.2) is 80.0 Å². The van der Waals surface area contributed by atoms with E-state index in [9.17, 15) is 18.0 Å². The van der Waals surface area contributed by atoms with Crippen LogP contribution in [0.2, 0.25) is 5.02 Å². The van der Waals surface area contributed by atoms with Crippen LogP contribution >= 0.6 is 11.6 Å². The zero-order valence-corrected chi connectivity index (χ0v) is 29.5. The molecule has 48 heavy (non-hydrogen) atoms. The van der Waals surface area contributed by atoms with Gasteiger partial charge in [-0.3, -0.25) is 4.72 Å². The van der Waals surface area contributed by atoms with Gasteiger partial charge in [0.15, 0.2) is 5.82 Å². The van der Waals surface area contributed by atoms with Gasteiger partial charge in [-0.1, -0.05) is 23.7 Å². The molecule has 0 unspecified atom stereocenters. The molecule has 4 N–H and O–H groups in total. The van der Waals surface area contributed by atoms with E-state index in [1.165, 1.54) is 12.3 Å². The number of benzene rings is 2. The van der Waals surface area contributed by atoms with Gasteiger partial charge in [0.25, 0.3) is 0 Å². The number of carbonyl (C=O) groups excluding carboxylic acids is 2. The Balaban J connectivity index is 1.45. The summed E-state index contributed by atoms with van der Waals surface area (Å²) in [6.07, 6.45) is -0.0588. The molecule has 260 valence electrons. The Morgan fingerprint density at radius 3 is 2.15 bits per heavy atom. The molecule has 0 bridgehead atoms. The number of hydrogen-bond acceptors (Lipinski definition) is 12. The van der Waals surface area contributed by atoms with Crippen LogP contribution < -0.4 is 29.7 Å². The van der Waals surface area contributed by atoms with Crippen molar-refractivity contribution in [2.24, 2.45) is 0 Å². The van der Waals surface area contributed by atoms with Gasteiger partial charge in [-0.2, -0.15) is 13.4 Å². The van der Waals surface area contributed by atoms with Crippen molar-refractivity contribution in [3.63, 3.8) is 0 Å². The van der Waals surface area contributed by atoms with Gasteiger partial charge in [0, 0.05) is 37.9 Å². The smallest absolute Gasteiger partial charge is 0.422 e. The van der Waals surface area contributed by atoms with Crippen LogP contribution in [-0.2, 0) is 19.7 Å². The quantitative estimate of drug-likeness (QED) is 0.209. The third-order valence-corrected chi connectivity index (χ3v) is 7.71. The van der Waals surface area contributed by atoms with Crippen LogP contribution in [0.25, 0.3) is 0 Å². The van der Waals surface area contributed by atoms with Crippen LogP contribution in [0.3, 0.4) is 0 Å². The SMILES string of the molecule is COc1cc(N2CCN(C(=O)OC(C)(C)C)CC2)ccc1Nc1ncc(Cl)c(Nc2ccccc2NS(=O)(=O)NC(=O)OC(C)(C)C)n1. The maximum absolute atomic E-state index is 12.6. The Kier molecular flexibility index (Phi) is 11.0. The molecule has 0 saturated carbocycles. The molecule has 0 radical (unpaired) electrons. The molecule has 2 heterocycles. The van der Waals surface area contributed by atoms with Gasteiger partial charge < -0.3 is 34.6 Å². The minimum atomic E-state index is -4.35. The number of amides is 2. The average Bonchev–Trinajstić information content (AvgIpc) is 2.97. The number of halogens is 1. The highest BCUT2D eigenvalue weighted by Crippen LogP contribution is 2.34. The second-order valence-corrected chi connectivity index (χ2v) is 14.6. The first-order chi connectivity index (χ1) is 22.4. The fourth-order valence-electron chi connectivity index (χ4n) is 4.48. The number of hydrogen-bond donors (Lipinski definition) is 4. The lowest BCUT2D eigenvalue weighted by Gasteiger charge is -2.37. The molecule has 2 amide bonds. The number of aromatic nitrogens is 2. The van der Waals surface area contributed by atoms with E-state index < -0.39 is 27.5 Å². The molecule has 3 aromatic rings. The third-order valence-electron chi connectivity index (χ3n) is 6.51. The summed E-state index contributed by atoms with van der Waals surface area (Å²) in [5.74, 6) is 0.898. The number of rotatable bonds is 9. The summed E-state index contributed by atoms with van der Waals surface area (Å²) in [4.78, 5) is 37.1. The highest BCUT2D eigenvalue weighted by Gasteiger charge is 2.27. The van der Waals surface area contributed by atoms with Gasteiger partial charge >= 0.3 is 22.4 Å². The maximum Gasteiger partial charge on any atom is 0.422 e. The van der Waals surface area contributed by atoms with Crippen molar-refractivity contribution >= 4 is 68.5 Å². The van der Waals surface area contributed by atoms with Crippen molar-refractivity contribution < 1.29 is 32.2 Å². The standard InChI is InChI=1S/C31H41ClN8O7S/c1-30(2,3)46-28(41)38-48(43,44)37-23-11-9-8-10-22(23)34-26-21(32)19-33-27(36-26)35-24-13-12-20(18-25(24)45-7)39-14-16-40(17-15-39)29(42)47-31(4,5)6/h8-13,18-19,37H,14-17H2,1-7H3,(H,38,41)(H2,33,34,35,36). The molecule has 1 saturated heterocycles. The first kappa shape index (κ1) is 36.1. The second kappa shape index (κ2) is 14.6. The number of nitrogens with one attached hydrogen (secondary N) is 4. The lowest BCUT2D eigenvalue weighted by molar-refractivity contribution is 0.0240. The molecular weight excluding hydrogens is 664 g/mol. The summed E-state index contributed by atoms with van der Waals surface area (Å²) in [5, 5.41) is 6.32. The number of carbonyl (C=O) groups is 2. The minimum absolute atomic E-state index is 0.113. The van der Waals surface area contributed by atoms with Crippen molar-refractivity contribution in [3.8, 4) is 5.75 Å². The van der Waals surface area contributed by atoms with Crippen LogP contribution in [0.4, 0.5) is 44.1 Å². The van der Waals surface area contributed by atoms with Gasteiger partial charge in [0.1, 0.15) is 22.0 Å². The number of para-hydroxylation sites is 2. The van der Waals surface area contributed by atoms with Crippen molar-refractivity contribution in [2.45, 2.75) is 52.7 Å². The fraction of sp³-hybridized carbons (Fsp3) is 0.419. The number of nitrogens with zero attached hydrogens (tertiary/aromatic N) is 4. The van der Waals surface area contributed by atoms with Crippen molar-refractivity contribution in [1.29, 1.82) is 0 Å². The van der Waals surface area contributed by atoms with Crippen LogP contribution in [0.15, 0.2) is 48.7 Å². The average molecular weight is 705 g/mol. The zero-order valence-electron chi connectivity index (χ0n) is 27.9. The van der Waals surface area contributed by atoms with E-state index in [0.29, 0.717) is 43.3 Å². The summed E-state index contributed by atoms with van der Waals surface area (Å²) >= 11 is 6.40. The lowest BCUT2D eigenvalue weighted by atomic mass is 10.2. The summed E-state index contributed by atoms with van der Waals surface area (Å²) in [7, 11) is -2.79. The molecule has 1 aliphatic rings. The molecule has 1 fully saturated rings. The van der Waals surface area contributed by atoms with E-state index in [2.05, 4.69) is 30.2 Å². The summed E-state index contributed by atoms with van der Waals surface area (Å²) in [6, 6.07) is 12.0. The fourth-order valence-corrected chi connectivity index (χ4v) is 5.39. The monoisotopic (exact) mass is 704 g/mol. The Hall–Kier alpha value is -4.70. The van der Waals surface area contributed by atoms with E-state index in [1.54, 1.807) is 51.0 Å². The minimum Gasteiger partial charge on any atom is -0.494 e. The molecule has 17 heteroatoms. The maximum atomic E-state index is 12.6. The number of methoxy groups -OCH3 is 1. The van der Waals surface area contributed by atoms with Crippen LogP contribution in [0.5, 0.6) is 5.75 Å².